The molecule has 2 aromatic rings. The number of allylic oxidation sites excluding steroid dienone is 1. The van der Waals surface area contributed by atoms with Gasteiger partial charge in [0.25, 0.3) is 0 Å². The highest BCUT2D eigenvalue weighted by Crippen LogP contribution is 2.67. The molecule has 11 nitrogen and oxygen atoms in total. The van der Waals surface area contributed by atoms with E-state index in [-0.39, 0.29) is 70.6 Å². The Bertz CT molecular complexity index is 2030. The van der Waals surface area contributed by atoms with E-state index in [0.717, 1.165) is 50.6 Å². The quantitative estimate of drug-likeness (QED) is 0.343. The SMILES string of the molecule is COc1c(N2C[C@@H]3CCCN[C@@H]3C2)c(F)cc2c(=O)c(C(=O)OCC(=O)[C@]3(O)CC[C@@H]4[C@H]5CCC6=CC(=O)CC[C@@]6(C)C5[C@H](O)C[C@]43C)cn(C3CC3)c12. The first kappa shape index (κ1) is 36.1. The maximum atomic E-state index is 16.1. The predicted molar refractivity (Wildman–Crippen MR) is 198 cm³/mol. The lowest BCUT2D eigenvalue weighted by molar-refractivity contribution is -0.182. The van der Waals surface area contributed by atoms with Crippen LogP contribution in [-0.4, -0.2) is 83.4 Å². The third kappa shape index (κ3) is 5.21. The molecule has 0 bridgehead atoms. The standard InChI is InChI=1S/C42H52FN3O8/c1-40-12-10-25(47)15-23(40)6-9-26-29-11-13-42(52,41(29,2)17-32(48)34(26)40)33(49)21-54-39(51)28-19-46(24-7-8-24)35-27(37(28)50)16-30(43)36(38(35)53-3)45-18-22-5-4-14-44-31(22)20-45/h15-16,19,22,24,26,29,31-32,34,44,48,52H,4-14,17-18,20-21H2,1-3H3/t22-,26+,29+,31+,32+,34?,40+,41+,42+/m0/s1. The molecule has 3 N–H and O–H groups in total. The first-order chi connectivity index (χ1) is 25.8. The van der Waals surface area contributed by atoms with E-state index in [0.29, 0.717) is 49.5 Å². The second kappa shape index (κ2) is 12.7. The molecular formula is C42H52FN3O8. The number of hydrogen-bond donors (Lipinski definition) is 3. The van der Waals surface area contributed by atoms with E-state index < -0.39 is 46.7 Å². The van der Waals surface area contributed by atoms with Crippen molar-refractivity contribution >= 4 is 34.1 Å². The van der Waals surface area contributed by atoms with E-state index in [2.05, 4.69) is 12.2 Å². The fraction of sp³-hybridized carbons (Fsp3) is 0.667. The Kier molecular flexibility index (Phi) is 8.49. The summed E-state index contributed by atoms with van der Waals surface area (Å²) >= 11 is 0. The highest BCUT2D eigenvalue weighted by Gasteiger charge is 2.68. The number of Topliss-reactive ketones (excluding diaryl/α,β-unsaturated/α-hetero) is 1. The zero-order chi connectivity index (χ0) is 37.9. The van der Waals surface area contributed by atoms with Crippen LogP contribution in [0.5, 0.6) is 5.75 Å². The number of nitrogens with one attached hydrogen (secondary N) is 1. The molecule has 2 saturated heterocycles. The molecule has 6 fully saturated rings. The average Bonchev–Trinajstić information content (AvgIpc) is 3.84. The zero-order valence-electron chi connectivity index (χ0n) is 31.5. The molecule has 54 heavy (non-hydrogen) atoms. The molecule has 7 aliphatic rings. The number of halogens is 1. The van der Waals surface area contributed by atoms with Gasteiger partial charge in [0.05, 0.1) is 24.1 Å². The number of rotatable bonds is 7. The molecule has 12 heteroatoms. The molecule has 1 aromatic heterocycles. The maximum Gasteiger partial charge on any atom is 0.344 e. The van der Waals surface area contributed by atoms with Gasteiger partial charge in [-0.3, -0.25) is 14.4 Å². The maximum absolute atomic E-state index is 16.1. The number of hydrogen-bond acceptors (Lipinski definition) is 10. The van der Waals surface area contributed by atoms with Gasteiger partial charge in [-0.15, -0.1) is 0 Å². The number of pyridine rings is 1. The summed E-state index contributed by atoms with van der Waals surface area (Å²) in [5.74, 6) is -1.51. The van der Waals surface area contributed by atoms with Crippen LogP contribution in [0.2, 0.25) is 0 Å². The summed E-state index contributed by atoms with van der Waals surface area (Å²) < 4.78 is 29.4. The number of carbonyl (C=O) groups excluding carboxylic acids is 3. The fourth-order valence-corrected chi connectivity index (χ4v) is 12.4. The number of methoxy groups -OCH3 is 1. The Labute approximate surface area is 314 Å². The molecule has 2 aliphatic heterocycles. The minimum absolute atomic E-state index is 0.00699. The summed E-state index contributed by atoms with van der Waals surface area (Å²) in [6, 6.07) is 1.44. The Morgan fingerprint density at radius 2 is 1.87 bits per heavy atom. The number of ether oxygens (including phenoxy) is 2. The number of ketones is 2. The summed E-state index contributed by atoms with van der Waals surface area (Å²) in [7, 11) is 1.47. The number of aliphatic hydroxyl groups excluding tert-OH is 1. The van der Waals surface area contributed by atoms with Crippen LogP contribution in [0.1, 0.15) is 101 Å². The Balaban J connectivity index is 0.973. The summed E-state index contributed by atoms with van der Waals surface area (Å²) in [6.45, 7) is 5.53. The number of aromatic nitrogens is 1. The van der Waals surface area contributed by atoms with Crippen molar-refractivity contribution in [2.75, 3.05) is 38.3 Å². The van der Waals surface area contributed by atoms with Gasteiger partial charge in [-0.25, -0.2) is 9.18 Å². The van der Waals surface area contributed by atoms with Crippen molar-refractivity contribution in [1.82, 2.24) is 9.88 Å². The zero-order valence-corrected chi connectivity index (χ0v) is 31.5. The van der Waals surface area contributed by atoms with E-state index in [1.165, 1.54) is 19.4 Å². The van der Waals surface area contributed by atoms with Gasteiger partial charge < -0.3 is 34.5 Å². The van der Waals surface area contributed by atoms with E-state index >= 15 is 4.39 Å². The molecular weight excluding hydrogens is 693 g/mol. The number of aliphatic hydroxyl groups is 2. The smallest absolute Gasteiger partial charge is 0.344 e. The van der Waals surface area contributed by atoms with E-state index in [1.54, 1.807) is 6.08 Å². The highest BCUT2D eigenvalue weighted by atomic mass is 19.1. The molecule has 0 radical (unpaired) electrons. The van der Waals surface area contributed by atoms with Crippen LogP contribution in [0.4, 0.5) is 10.1 Å². The van der Waals surface area contributed by atoms with E-state index in [9.17, 15) is 29.4 Å². The fourth-order valence-electron chi connectivity index (χ4n) is 12.4. The summed E-state index contributed by atoms with van der Waals surface area (Å²) in [5, 5.41) is 27.5. The number of nitrogens with zero attached hydrogens (tertiary/aromatic N) is 2. The largest absolute Gasteiger partial charge is 0.492 e. The molecule has 9 rings (SSSR count). The first-order valence-corrected chi connectivity index (χ1v) is 20.1. The highest BCUT2D eigenvalue weighted by molar-refractivity contribution is 5.99. The van der Waals surface area contributed by atoms with Crippen molar-refractivity contribution in [2.45, 2.75) is 108 Å². The Morgan fingerprint density at radius 3 is 2.61 bits per heavy atom. The minimum Gasteiger partial charge on any atom is -0.492 e. The lowest BCUT2D eigenvalue weighted by Gasteiger charge is -2.60. The van der Waals surface area contributed by atoms with Crippen molar-refractivity contribution in [3.05, 3.63) is 45.5 Å². The second-order valence-electron chi connectivity index (χ2n) is 18.0. The van der Waals surface area contributed by atoms with Crippen molar-refractivity contribution in [3.8, 4) is 5.75 Å². The van der Waals surface area contributed by atoms with Crippen LogP contribution in [0, 0.1) is 40.3 Å². The van der Waals surface area contributed by atoms with Crippen molar-refractivity contribution in [1.29, 1.82) is 0 Å². The normalized spacial score (nSPS) is 37.3. The topological polar surface area (TPSA) is 147 Å². The molecule has 5 aliphatic carbocycles. The first-order valence-electron chi connectivity index (χ1n) is 20.1. The van der Waals surface area contributed by atoms with Crippen LogP contribution in [-0.2, 0) is 14.3 Å². The van der Waals surface area contributed by atoms with Crippen LogP contribution in [0.15, 0.2) is 28.7 Å². The molecule has 3 heterocycles. The van der Waals surface area contributed by atoms with Gasteiger partial charge in [0.15, 0.2) is 24.0 Å². The van der Waals surface area contributed by atoms with Gasteiger partial charge in [-0.05, 0) is 112 Å². The monoisotopic (exact) mass is 745 g/mol. The average molecular weight is 746 g/mol. The third-order valence-corrected chi connectivity index (χ3v) is 15.3. The number of fused-ring (bicyclic) bond motifs is 7. The van der Waals surface area contributed by atoms with Crippen LogP contribution in [0.3, 0.4) is 0 Å². The molecule has 1 aromatic carbocycles. The minimum atomic E-state index is -1.84. The molecule has 0 amide bonds. The van der Waals surface area contributed by atoms with Crippen LogP contribution < -0.4 is 20.4 Å². The summed E-state index contributed by atoms with van der Waals surface area (Å²) in [6.07, 6.45) is 9.88. The number of anilines is 1. The summed E-state index contributed by atoms with van der Waals surface area (Å²) in [4.78, 5) is 56.0. The van der Waals surface area contributed by atoms with Crippen molar-refractivity contribution in [2.24, 2.45) is 34.5 Å². The van der Waals surface area contributed by atoms with Gasteiger partial charge in [0.1, 0.15) is 16.9 Å². The third-order valence-electron chi connectivity index (χ3n) is 15.3. The number of benzene rings is 1. The predicted octanol–water partition coefficient (Wildman–Crippen LogP) is 4.63. The number of piperidine rings is 1. The lowest BCUT2D eigenvalue weighted by atomic mass is 9.45. The van der Waals surface area contributed by atoms with Gasteiger partial charge in [-0.1, -0.05) is 19.4 Å². The molecule has 9 atom stereocenters. The Morgan fingerprint density at radius 1 is 1.07 bits per heavy atom. The van der Waals surface area contributed by atoms with Gasteiger partial charge >= 0.3 is 5.97 Å². The molecule has 1 unspecified atom stereocenters. The number of esters is 1. The molecule has 4 saturated carbocycles. The summed E-state index contributed by atoms with van der Waals surface area (Å²) in [5.41, 5.74) is -2.25. The van der Waals surface area contributed by atoms with E-state index in [1.807, 2.05) is 16.4 Å². The van der Waals surface area contributed by atoms with Crippen molar-refractivity contribution in [3.63, 3.8) is 0 Å². The second-order valence-corrected chi connectivity index (χ2v) is 18.0. The van der Waals surface area contributed by atoms with Crippen LogP contribution >= 0.6 is 0 Å². The Hall–Kier alpha value is -3.61. The molecule has 290 valence electrons. The van der Waals surface area contributed by atoms with E-state index in [4.69, 9.17) is 9.47 Å². The van der Waals surface area contributed by atoms with Gasteiger partial charge in [0.2, 0.25) is 11.2 Å². The van der Waals surface area contributed by atoms with Crippen LogP contribution in [0.25, 0.3) is 10.9 Å². The van der Waals surface area contributed by atoms with Gasteiger partial charge in [-0.2, -0.15) is 0 Å². The lowest BCUT2D eigenvalue weighted by Crippen LogP contribution is -2.62. The number of carbonyl (C=O) groups is 3. The molecule has 0 spiro atoms. The van der Waals surface area contributed by atoms with Gasteiger partial charge in [0, 0.05) is 43.2 Å². The van der Waals surface area contributed by atoms with Crippen molar-refractivity contribution < 1.29 is 38.5 Å².